The van der Waals surface area contributed by atoms with Crippen LogP contribution in [0.1, 0.15) is 0 Å². The molecular formula is C7H12N6O5. The van der Waals surface area contributed by atoms with Gasteiger partial charge in [0.2, 0.25) is 6.23 Å². The molecule has 100 valence electrons. The zero-order chi connectivity index (χ0) is 13.7. The van der Waals surface area contributed by atoms with Crippen molar-refractivity contribution in [2.45, 2.75) is 30.5 Å². The Hall–Kier alpha value is -1.72. The van der Waals surface area contributed by atoms with Crippen LogP contribution in [0.3, 0.4) is 0 Å². The van der Waals surface area contributed by atoms with Gasteiger partial charge in [0.1, 0.15) is 12.1 Å². The highest BCUT2D eigenvalue weighted by molar-refractivity contribution is 5.03. The van der Waals surface area contributed by atoms with Gasteiger partial charge in [0.05, 0.1) is 0 Å². The first-order valence-electron chi connectivity index (χ1n) is 5.00. The summed E-state index contributed by atoms with van der Waals surface area (Å²) in [5.41, 5.74) is 0. The minimum absolute atomic E-state index is 0.0139. The monoisotopic (exact) mass is 260 g/mol. The molecule has 11 nitrogen and oxygen atoms in total. The number of nitroso groups, excluding NO2 is 4. The van der Waals surface area contributed by atoms with E-state index in [2.05, 4.69) is 20.7 Å². The molecule has 1 aliphatic heterocycles. The van der Waals surface area contributed by atoms with Crippen LogP contribution in [0.25, 0.3) is 0 Å². The third-order valence-electron chi connectivity index (χ3n) is 2.62. The number of nitrogens with two attached hydrogens (primary N) is 1. The molecule has 0 saturated carbocycles. The van der Waals surface area contributed by atoms with Gasteiger partial charge in [-0.05, 0) is 5.18 Å². The van der Waals surface area contributed by atoms with Crippen LogP contribution in [0, 0.1) is 19.6 Å². The van der Waals surface area contributed by atoms with E-state index in [0.717, 1.165) is 0 Å². The second-order valence-corrected chi connectivity index (χ2v) is 3.90. The van der Waals surface area contributed by atoms with E-state index in [-0.39, 0.29) is 6.54 Å². The van der Waals surface area contributed by atoms with Gasteiger partial charge >= 0.3 is 0 Å². The first-order valence-corrected chi connectivity index (χ1v) is 5.00. The number of nitrogens with zero attached hydrogens (tertiary/aromatic N) is 5. The summed E-state index contributed by atoms with van der Waals surface area (Å²) in [7, 11) is 1.49. The summed E-state index contributed by atoms with van der Waals surface area (Å²) in [5.74, 6) is 5.39. The molecule has 0 unspecified atom stereocenters. The Kier molecular flexibility index (Phi) is 5.00. The third-order valence-corrected chi connectivity index (χ3v) is 2.62. The Labute approximate surface area is 101 Å². The standard InChI is InChI=1S/C7H12N6O5/c1-13(8)2-3-4(9-14)5(10-15)6(11-16)7(12-17)18-3/h3-7H,2,8H2,1H3/t3-,4+,5+,6-,7+/m1/s1. The molecular weight excluding hydrogens is 248 g/mol. The lowest BCUT2D eigenvalue weighted by molar-refractivity contribution is -0.0843. The van der Waals surface area contributed by atoms with Gasteiger partial charge in [-0.25, -0.2) is 5.01 Å². The Morgan fingerprint density at radius 3 is 1.94 bits per heavy atom. The minimum atomic E-state index is -1.48. The SMILES string of the molecule is CN(N)C[C@H]1O[C@H](N=O)[C@H](N=O)[C@@H](N=O)[C@H]1N=O. The highest BCUT2D eigenvalue weighted by Gasteiger charge is 2.50. The van der Waals surface area contributed by atoms with Gasteiger partial charge in [0, 0.05) is 13.6 Å². The van der Waals surface area contributed by atoms with Crippen molar-refractivity contribution in [2.75, 3.05) is 13.6 Å². The van der Waals surface area contributed by atoms with Crippen LogP contribution in [0.15, 0.2) is 20.7 Å². The first kappa shape index (κ1) is 14.3. The number of ether oxygens (including phenoxy) is 1. The van der Waals surface area contributed by atoms with E-state index >= 15 is 0 Å². The van der Waals surface area contributed by atoms with E-state index < -0.39 is 30.5 Å². The van der Waals surface area contributed by atoms with Crippen molar-refractivity contribution in [3.05, 3.63) is 19.6 Å². The lowest BCUT2D eigenvalue weighted by Crippen LogP contribution is -2.57. The molecule has 0 aromatic rings. The molecule has 0 aliphatic carbocycles. The molecule has 0 amide bonds. The first-order chi connectivity index (χ1) is 8.58. The van der Waals surface area contributed by atoms with Gasteiger partial charge in [0.15, 0.2) is 12.1 Å². The van der Waals surface area contributed by atoms with Gasteiger partial charge in [0.25, 0.3) is 0 Å². The zero-order valence-corrected chi connectivity index (χ0v) is 9.45. The molecule has 18 heavy (non-hydrogen) atoms. The van der Waals surface area contributed by atoms with Crippen molar-refractivity contribution in [3.8, 4) is 0 Å². The zero-order valence-electron chi connectivity index (χ0n) is 9.45. The Balaban J connectivity index is 3.01. The van der Waals surface area contributed by atoms with Gasteiger partial charge < -0.3 is 4.74 Å². The van der Waals surface area contributed by atoms with Gasteiger partial charge in [-0.1, -0.05) is 15.5 Å². The fraction of sp³-hybridized carbons (Fsp3) is 1.00. The molecule has 5 atom stereocenters. The maximum Gasteiger partial charge on any atom is 0.218 e. The number of hydrazine groups is 1. The van der Waals surface area contributed by atoms with Crippen LogP contribution in [0.4, 0.5) is 0 Å². The molecule has 0 bridgehead atoms. The minimum Gasteiger partial charge on any atom is -0.344 e. The van der Waals surface area contributed by atoms with Gasteiger partial charge in [-0.3, -0.25) is 5.84 Å². The summed E-state index contributed by atoms with van der Waals surface area (Å²) in [6, 6.07) is -4.09. The number of hydrogen-bond donors (Lipinski definition) is 1. The molecule has 1 saturated heterocycles. The molecule has 1 aliphatic rings. The molecule has 0 aromatic carbocycles. The summed E-state index contributed by atoms with van der Waals surface area (Å²) in [6.45, 7) is 0.0139. The smallest absolute Gasteiger partial charge is 0.218 e. The van der Waals surface area contributed by atoms with Gasteiger partial charge in [-0.2, -0.15) is 14.7 Å². The highest BCUT2D eigenvalue weighted by atomic mass is 16.5. The number of likely N-dealkylation sites (N-methyl/N-ethyl adjacent to an activating group) is 1. The van der Waals surface area contributed by atoms with E-state index in [1.54, 1.807) is 0 Å². The average Bonchev–Trinajstić information content (AvgIpc) is 2.36. The molecule has 1 heterocycles. The van der Waals surface area contributed by atoms with Gasteiger partial charge in [-0.15, -0.1) is 4.91 Å². The summed E-state index contributed by atoms with van der Waals surface area (Å²) in [5, 5.41) is 11.6. The van der Waals surface area contributed by atoms with Crippen molar-refractivity contribution in [3.63, 3.8) is 0 Å². The van der Waals surface area contributed by atoms with E-state index in [1.807, 2.05) is 0 Å². The normalized spacial score (nSPS) is 36.1. The van der Waals surface area contributed by atoms with E-state index in [1.165, 1.54) is 12.1 Å². The Morgan fingerprint density at radius 2 is 1.56 bits per heavy atom. The van der Waals surface area contributed by atoms with Crippen LogP contribution >= 0.6 is 0 Å². The molecule has 1 rings (SSSR count). The molecule has 2 N–H and O–H groups in total. The van der Waals surface area contributed by atoms with Crippen molar-refractivity contribution in [2.24, 2.45) is 26.6 Å². The fourth-order valence-electron chi connectivity index (χ4n) is 1.82. The molecule has 1 fully saturated rings. The fourth-order valence-corrected chi connectivity index (χ4v) is 1.82. The maximum absolute atomic E-state index is 10.7. The van der Waals surface area contributed by atoms with Crippen molar-refractivity contribution < 1.29 is 4.74 Å². The van der Waals surface area contributed by atoms with E-state index in [9.17, 15) is 19.6 Å². The molecule has 0 radical (unpaired) electrons. The number of rotatable bonds is 6. The summed E-state index contributed by atoms with van der Waals surface area (Å²) in [6.07, 6.45) is -2.44. The molecule has 11 heteroatoms. The Bertz CT molecular complexity index is 338. The predicted octanol–water partition coefficient (Wildman–Crippen LogP) is -0.312. The summed E-state index contributed by atoms with van der Waals surface area (Å²) < 4.78 is 5.10. The summed E-state index contributed by atoms with van der Waals surface area (Å²) >= 11 is 0. The van der Waals surface area contributed by atoms with Crippen LogP contribution in [-0.2, 0) is 4.74 Å². The van der Waals surface area contributed by atoms with E-state index in [0.29, 0.717) is 0 Å². The van der Waals surface area contributed by atoms with Crippen molar-refractivity contribution in [1.82, 2.24) is 5.01 Å². The van der Waals surface area contributed by atoms with Crippen LogP contribution in [0.5, 0.6) is 0 Å². The Morgan fingerprint density at radius 1 is 1.00 bits per heavy atom. The average molecular weight is 260 g/mol. The van der Waals surface area contributed by atoms with Crippen molar-refractivity contribution in [1.29, 1.82) is 0 Å². The van der Waals surface area contributed by atoms with E-state index in [4.69, 9.17) is 10.6 Å². The molecule has 0 aromatic heterocycles. The molecule has 0 spiro atoms. The highest BCUT2D eigenvalue weighted by Crippen LogP contribution is 2.28. The second kappa shape index (κ2) is 6.28. The predicted molar refractivity (Wildman–Crippen MR) is 60.0 cm³/mol. The maximum atomic E-state index is 10.7. The van der Waals surface area contributed by atoms with Crippen LogP contribution in [-0.4, -0.2) is 49.1 Å². The second-order valence-electron chi connectivity index (χ2n) is 3.90. The topological polar surface area (TPSA) is 156 Å². The van der Waals surface area contributed by atoms with Crippen LogP contribution < -0.4 is 5.84 Å². The lowest BCUT2D eigenvalue weighted by Gasteiger charge is -2.36. The lowest BCUT2D eigenvalue weighted by atomic mass is 9.92. The largest absolute Gasteiger partial charge is 0.344 e. The third kappa shape index (κ3) is 2.75. The van der Waals surface area contributed by atoms with Crippen LogP contribution in [0.2, 0.25) is 0 Å². The summed E-state index contributed by atoms with van der Waals surface area (Å²) in [4.78, 5) is 42.6. The quantitative estimate of drug-likeness (QED) is 0.389. The number of hydrogen-bond acceptors (Lipinski definition) is 11. The van der Waals surface area contributed by atoms with Crippen molar-refractivity contribution >= 4 is 0 Å².